The molecule has 3 nitrogen and oxygen atoms in total. The molecule has 98 valence electrons. The summed E-state index contributed by atoms with van der Waals surface area (Å²) in [5, 5.41) is 22.8. The van der Waals surface area contributed by atoms with Crippen molar-refractivity contribution >= 4 is 0 Å². The molecule has 3 heteroatoms. The fraction of sp³-hybridized carbons (Fsp3) is 1.00. The van der Waals surface area contributed by atoms with Gasteiger partial charge in [-0.3, -0.25) is 0 Å². The second-order valence-corrected chi connectivity index (χ2v) is 5.48. The second kappa shape index (κ2) is 6.58. The Balaban J connectivity index is 4.14. The molecular formula is C13H29NO2. The third-order valence-electron chi connectivity index (χ3n) is 4.06. The Labute approximate surface area is 100 Å². The molecule has 0 aliphatic heterocycles. The first-order valence-electron chi connectivity index (χ1n) is 6.37. The molecule has 0 saturated heterocycles. The van der Waals surface area contributed by atoms with Crippen LogP contribution in [0.2, 0.25) is 0 Å². The van der Waals surface area contributed by atoms with Gasteiger partial charge in [0.25, 0.3) is 0 Å². The number of nitrogens with one attached hydrogen (secondary N) is 1. The van der Waals surface area contributed by atoms with Crippen molar-refractivity contribution in [3.63, 3.8) is 0 Å². The first-order valence-corrected chi connectivity index (χ1v) is 6.37. The predicted molar refractivity (Wildman–Crippen MR) is 68.4 cm³/mol. The fourth-order valence-electron chi connectivity index (χ4n) is 1.56. The molecule has 0 amide bonds. The molecule has 0 heterocycles. The van der Waals surface area contributed by atoms with Crippen molar-refractivity contribution in [1.82, 2.24) is 5.32 Å². The lowest BCUT2D eigenvalue weighted by Gasteiger charge is -2.33. The molecule has 1 atom stereocenters. The van der Waals surface area contributed by atoms with Gasteiger partial charge in [0.2, 0.25) is 0 Å². The zero-order valence-corrected chi connectivity index (χ0v) is 11.5. The van der Waals surface area contributed by atoms with Gasteiger partial charge in [0.1, 0.15) is 0 Å². The molecule has 0 aromatic heterocycles. The SMILES string of the molecule is CCC(CC)(CO)CNCC(C)(O)C(C)C. The van der Waals surface area contributed by atoms with Crippen LogP contribution in [0.5, 0.6) is 0 Å². The summed E-state index contributed by atoms with van der Waals surface area (Å²) in [6, 6.07) is 0. The van der Waals surface area contributed by atoms with Gasteiger partial charge in [0.15, 0.2) is 0 Å². The Kier molecular flexibility index (Phi) is 6.53. The molecular weight excluding hydrogens is 202 g/mol. The summed E-state index contributed by atoms with van der Waals surface area (Å²) >= 11 is 0. The quantitative estimate of drug-likeness (QED) is 0.597. The van der Waals surface area contributed by atoms with Crippen LogP contribution in [0.3, 0.4) is 0 Å². The smallest absolute Gasteiger partial charge is 0.0766 e. The van der Waals surface area contributed by atoms with Gasteiger partial charge in [0.05, 0.1) is 5.60 Å². The Morgan fingerprint density at radius 2 is 1.62 bits per heavy atom. The van der Waals surface area contributed by atoms with Gasteiger partial charge in [0, 0.05) is 25.1 Å². The van der Waals surface area contributed by atoms with Crippen molar-refractivity contribution in [1.29, 1.82) is 0 Å². The van der Waals surface area contributed by atoms with Gasteiger partial charge in [-0.1, -0.05) is 27.7 Å². The van der Waals surface area contributed by atoms with Crippen molar-refractivity contribution in [3.8, 4) is 0 Å². The van der Waals surface area contributed by atoms with E-state index in [1.54, 1.807) is 0 Å². The molecule has 0 radical (unpaired) electrons. The standard InChI is InChI=1S/C13H29NO2/c1-6-13(7-2,10-15)9-14-8-12(5,16)11(3)4/h11,14-16H,6-10H2,1-5H3. The summed E-state index contributed by atoms with van der Waals surface area (Å²) in [5.74, 6) is 0.228. The monoisotopic (exact) mass is 231 g/mol. The maximum Gasteiger partial charge on any atom is 0.0766 e. The highest BCUT2D eigenvalue weighted by molar-refractivity contribution is 4.83. The van der Waals surface area contributed by atoms with Crippen molar-refractivity contribution < 1.29 is 10.2 Å². The lowest BCUT2D eigenvalue weighted by molar-refractivity contribution is 0.00903. The van der Waals surface area contributed by atoms with Crippen LogP contribution < -0.4 is 5.32 Å². The van der Waals surface area contributed by atoms with E-state index in [0.717, 1.165) is 19.4 Å². The fourth-order valence-corrected chi connectivity index (χ4v) is 1.56. The Morgan fingerprint density at radius 3 is 1.94 bits per heavy atom. The third kappa shape index (κ3) is 4.40. The summed E-state index contributed by atoms with van der Waals surface area (Å²) in [5.41, 5.74) is -0.713. The van der Waals surface area contributed by atoms with E-state index >= 15 is 0 Å². The average Bonchev–Trinajstić information content (AvgIpc) is 2.25. The molecule has 0 aromatic carbocycles. The van der Waals surface area contributed by atoms with Gasteiger partial charge in [-0.25, -0.2) is 0 Å². The number of aliphatic hydroxyl groups excluding tert-OH is 1. The van der Waals surface area contributed by atoms with Gasteiger partial charge in [-0.05, 0) is 25.7 Å². The molecule has 0 rings (SSSR count). The van der Waals surface area contributed by atoms with E-state index in [0.29, 0.717) is 6.54 Å². The molecule has 0 spiro atoms. The zero-order valence-electron chi connectivity index (χ0n) is 11.5. The predicted octanol–water partition coefficient (Wildman–Crippen LogP) is 1.78. The minimum absolute atomic E-state index is 0.0347. The van der Waals surface area contributed by atoms with Crippen LogP contribution in [-0.4, -0.2) is 35.5 Å². The minimum Gasteiger partial charge on any atom is -0.396 e. The van der Waals surface area contributed by atoms with Crippen LogP contribution in [0.1, 0.15) is 47.5 Å². The molecule has 16 heavy (non-hydrogen) atoms. The summed E-state index contributed by atoms with van der Waals surface area (Å²) in [6.07, 6.45) is 1.91. The molecule has 0 aliphatic carbocycles. The van der Waals surface area contributed by atoms with E-state index in [4.69, 9.17) is 0 Å². The molecule has 0 aromatic rings. The third-order valence-corrected chi connectivity index (χ3v) is 4.06. The highest BCUT2D eigenvalue weighted by atomic mass is 16.3. The lowest BCUT2D eigenvalue weighted by atomic mass is 9.83. The number of hydrogen-bond acceptors (Lipinski definition) is 3. The highest BCUT2D eigenvalue weighted by Crippen LogP contribution is 2.24. The zero-order chi connectivity index (χ0) is 12.8. The van der Waals surface area contributed by atoms with Crippen molar-refractivity contribution in [2.45, 2.75) is 53.1 Å². The Hall–Kier alpha value is -0.120. The van der Waals surface area contributed by atoms with Crippen molar-refractivity contribution in [3.05, 3.63) is 0 Å². The van der Waals surface area contributed by atoms with E-state index in [1.807, 2.05) is 20.8 Å². The molecule has 1 unspecified atom stereocenters. The molecule has 0 bridgehead atoms. The Bertz CT molecular complexity index is 178. The van der Waals surface area contributed by atoms with Crippen LogP contribution in [0.15, 0.2) is 0 Å². The first kappa shape index (κ1) is 15.9. The molecule has 3 N–H and O–H groups in total. The number of hydrogen-bond donors (Lipinski definition) is 3. The van der Waals surface area contributed by atoms with Crippen molar-refractivity contribution in [2.75, 3.05) is 19.7 Å². The maximum atomic E-state index is 10.1. The van der Waals surface area contributed by atoms with E-state index < -0.39 is 5.60 Å². The van der Waals surface area contributed by atoms with Crippen LogP contribution in [0, 0.1) is 11.3 Å². The topological polar surface area (TPSA) is 52.5 Å². The summed E-state index contributed by atoms with van der Waals surface area (Å²) in [6.45, 7) is 11.6. The minimum atomic E-state index is -0.678. The van der Waals surface area contributed by atoms with Crippen LogP contribution >= 0.6 is 0 Å². The van der Waals surface area contributed by atoms with Gasteiger partial charge < -0.3 is 15.5 Å². The largest absolute Gasteiger partial charge is 0.396 e. The number of rotatable bonds is 8. The summed E-state index contributed by atoms with van der Waals surface area (Å²) in [4.78, 5) is 0. The number of aliphatic hydroxyl groups is 2. The second-order valence-electron chi connectivity index (χ2n) is 5.48. The average molecular weight is 231 g/mol. The highest BCUT2D eigenvalue weighted by Gasteiger charge is 2.28. The summed E-state index contributed by atoms with van der Waals surface area (Å²) < 4.78 is 0. The van der Waals surface area contributed by atoms with Gasteiger partial charge >= 0.3 is 0 Å². The Morgan fingerprint density at radius 1 is 1.12 bits per heavy atom. The molecule has 0 saturated carbocycles. The van der Waals surface area contributed by atoms with Gasteiger partial charge in [-0.2, -0.15) is 0 Å². The lowest BCUT2D eigenvalue weighted by Crippen LogP contribution is -2.46. The maximum absolute atomic E-state index is 10.1. The normalized spacial score (nSPS) is 16.5. The van der Waals surface area contributed by atoms with E-state index in [-0.39, 0.29) is 17.9 Å². The van der Waals surface area contributed by atoms with Crippen LogP contribution in [-0.2, 0) is 0 Å². The van der Waals surface area contributed by atoms with Crippen LogP contribution in [0.4, 0.5) is 0 Å². The first-order chi connectivity index (χ1) is 7.33. The summed E-state index contributed by atoms with van der Waals surface area (Å²) in [7, 11) is 0. The van der Waals surface area contributed by atoms with Crippen LogP contribution in [0.25, 0.3) is 0 Å². The molecule has 0 aliphatic rings. The van der Waals surface area contributed by atoms with E-state index in [2.05, 4.69) is 19.2 Å². The van der Waals surface area contributed by atoms with E-state index in [9.17, 15) is 10.2 Å². The molecule has 0 fully saturated rings. The van der Waals surface area contributed by atoms with Crippen molar-refractivity contribution in [2.24, 2.45) is 11.3 Å². The van der Waals surface area contributed by atoms with Gasteiger partial charge in [-0.15, -0.1) is 0 Å². The van der Waals surface area contributed by atoms with E-state index in [1.165, 1.54) is 0 Å².